The van der Waals surface area contributed by atoms with Crippen LogP contribution in [0.25, 0.3) is 5.69 Å². The fourth-order valence-electron chi connectivity index (χ4n) is 3.03. The zero-order valence-electron chi connectivity index (χ0n) is 15.9. The molecule has 0 atom stereocenters. The number of hydroxylamine groups is 2. The zero-order chi connectivity index (χ0) is 19.9. The van der Waals surface area contributed by atoms with Gasteiger partial charge in [0.2, 0.25) is 0 Å². The summed E-state index contributed by atoms with van der Waals surface area (Å²) < 4.78 is 1.81. The van der Waals surface area contributed by atoms with Crippen LogP contribution in [0.4, 0.5) is 0 Å². The van der Waals surface area contributed by atoms with E-state index >= 15 is 0 Å². The second-order valence-electron chi connectivity index (χ2n) is 6.65. The maximum atomic E-state index is 12.6. The Kier molecular flexibility index (Phi) is 5.78. The number of carbonyl (C=O) groups is 1. The van der Waals surface area contributed by atoms with Gasteiger partial charge in [-0.25, -0.2) is 9.48 Å². The maximum absolute atomic E-state index is 12.6. The highest BCUT2D eigenvalue weighted by Crippen LogP contribution is 2.15. The van der Waals surface area contributed by atoms with Crippen molar-refractivity contribution in [2.24, 2.45) is 0 Å². The lowest BCUT2D eigenvalue weighted by Gasteiger charge is -2.21. The highest BCUT2D eigenvalue weighted by atomic mass is 16.7. The average Bonchev–Trinajstić information content (AvgIpc) is 3.30. The van der Waals surface area contributed by atoms with Gasteiger partial charge >= 0.3 is 5.97 Å². The smallest absolute Gasteiger partial charge is 0.357 e. The van der Waals surface area contributed by atoms with Gasteiger partial charge in [0.1, 0.15) is 0 Å². The van der Waals surface area contributed by atoms with E-state index in [1.165, 1.54) is 0 Å². The lowest BCUT2D eigenvalue weighted by atomic mass is 10.2. The van der Waals surface area contributed by atoms with E-state index in [9.17, 15) is 4.79 Å². The number of nitrogens with zero attached hydrogens (tertiary/aromatic N) is 3. The molecule has 0 aliphatic heterocycles. The molecule has 0 N–H and O–H groups in total. The number of hydrogen-bond acceptors (Lipinski definition) is 4. The molecule has 4 rings (SSSR count). The van der Waals surface area contributed by atoms with Gasteiger partial charge in [0.15, 0.2) is 0 Å². The highest BCUT2D eigenvalue weighted by Gasteiger charge is 2.15. The van der Waals surface area contributed by atoms with E-state index in [0.29, 0.717) is 18.7 Å². The molecule has 0 spiro atoms. The van der Waals surface area contributed by atoms with Crippen molar-refractivity contribution in [3.63, 3.8) is 0 Å². The Morgan fingerprint density at radius 2 is 1.41 bits per heavy atom. The van der Waals surface area contributed by atoms with Crippen molar-refractivity contribution in [2.75, 3.05) is 0 Å². The van der Waals surface area contributed by atoms with Crippen LogP contribution >= 0.6 is 0 Å². The Morgan fingerprint density at radius 1 is 0.793 bits per heavy atom. The summed E-state index contributed by atoms with van der Waals surface area (Å²) in [4.78, 5) is 18.3. The molecule has 0 radical (unpaired) electrons. The summed E-state index contributed by atoms with van der Waals surface area (Å²) >= 11 is 0. The summed E-state index contributed by atoms with van der Waals surface area (Å²) in [6.45, 7) is 0.979. The molecule has 29 heavy (non-hydrogen) atoms. The quantitative estimate of drug-likeness (QED) is 0.436. The molecule has 0 amide bonds. The Morgan fingerprint density at radius 3 is 2.03 bits per heavy atom. The van der Waals surface area contributed by atoms with Crippen LogP contribution in [0.2, 0.25) is 0 Å². The second-order valence-corrected chi connectivity index (χ2v) is 6.65. The standard InChI is InChI=1S/C24H21N3O2/c28-24(22-10-5-2-6-11-22)29-26(18-20-8-3-1-4-9-20)19-21-12-14-23(15-13-21)27-17-7-16-25-27/h1-17H,18-19H2. The molecule has 5 heteroatoms. The molecular formula is C24H21N3O2. The summed E-state index contributed by atoms with van der Waals surface area (Å²) in [5, 5.41) is 5.93. The Hall–Kier alpha value is -3.70. The summed E-state index contributed by atoms with van der Waals surface area (Å²) in [5.74, 6) is -0.366. The van der Waals surface area contributed by atoms with E-state index in [2.05, 4.69) is 5.10 Å². The van der Waals surface area contributed by atoms with Crippen molar-refractivity contribution in [1.29, 1.82) is 0 Å². The Bertz CT molecular complexity index is 1030. The van der Waals surface area contributed by atoms with E-state index in [1.54, 1.807) is 28.1 Å². The van der Waals surface area contributed by atoms with Crippen molar-refractivity contribution in [1.82, 2.24) is 14.8 Å². The van der Waals surface area contributed by atoms with E-state index < -0.39 is 0 Å². The molecule has 4 aromatic rings. The number of hydrogen-bond donors (Lipinski definition) is 0. The van der Waals surface area contributed by atoms with Gasteiger partial charge in [0.05, 0.1) is 24.3 Å². The van der Waals surface area contributed by atoms with Gasteiger partial charge in [-0.1, -0.05) is 60.7 Å². The van der Waals surface area contributed by atoms with Crippen molar-refractivity contribution >= 4 is 5.97 Å². The van der Waals surface area contributed by atoms with Crippen LogP contribution < -0.4 is 0 Å². The summed E-state index contributed by atoms with van der Waals surface area (Å²) in [5.41, 5.74) is 3.62. The summed E-state index contributed by atoms with van der Waals surface area (Å²) in [7, 11) is 0. The molecule has 0 saturated heterocycles. The van der Waals surface area contributed by atoms with Crippen LogP contribution in [0.1, 0.15) is 21.5 Å². The predicted octanol–water partition coefficient (Wildman–Crippen LogP) is 4.65. The predicted molar refractivity (Wildman–Crippen MR) is 111 cm³/mol. The lowest BCUT2D eigenvalue weighted by molar-refractivity contribution is -0.123. The molecular weight excluding hydrogens is 362 g/mol. The first-order valence-corrected chi connectivity index (χ1v) is 9.43. The summed E-state index contributed by atoms with van der Waals surface area (Å²) in [6.07, 6.45) is 3.65. The largest absolute Gasteiger partial charge is 0.363 e. The number of aromatic nitrogens is 2. The monoisotopic (exact) mass is 383 g/mol. The van der Waals surface area contributed by atoms with Gasteiger partial charge in [-0.3, -0.25) is 0 Å². The minimum Gasteiger partial charge on any atom is -0.363 e. The van der Waals surface area contributed by atoms with E-state index in [0.717, 1.165) is 16.8 Å². The second kappa shape index (κ2) is 8.99. The minimum absolute atomic E-state index is 0.366. The molecule has 0 aliphatic rings. The van der Waals surface area contributed by atoms with Crippen LogP contribution in [0, 0.1) is 0 Å². The first-order valence-electron chi connectivity index (χ1n) is 9.43. The van der Waals surface area contributed by atoms with E-state index in [4.69, 9.17) is 4.84 Å². The molecule has 0 saturated carbocycles. The van der Waals surface area contributed by atoms with E-state index in [-0.39, 0.29) is 5.97 Å². The third-order valence-corrected chi connectivity index (χ3v) is 4.49. The third kappa shape index (κ3) is 4.97. The van der Waals surface area contributed by atoms with Crippen molar-refractivity contribution < 1.29 is 9.63 Å². The highest BCUT2D eigenvalue weighted by molar-refractivity contribution is 5.89. The van der Waals surface area contributed by atoms with Gasteiger partial charge < -0.3 is 4.84 Å². The fourth-order valence-corrected chi connectivity index (χ4v) is 3.03. The van der Waals surface area contributed by atoms with Gasteiger partial charge in [0, 0.05) is 12.4 Å². The van der Waals surface area contributed by atoms with Crippen LogP contribution in [0.3, 0.4) is 0 Å². The molecule has 1 aromatic heterocycles. The Labute approximate surface area is 169 Å². The maximum Gasteiger partial charge on any atom is 0.357 e. The normalized spacial score (nSPS) is 10.8. The molecule has 144 valence electrons. The third-order valence-electron chi connectivity index (χ3n) is 4.49. The average molecular weight is 383 g/mol. The van der Waals surface area contributed by atoms with Crippen molar-refractivity contribution in [2.45, 2.75) is 13.1 Å². The topological polar surface area (TPSA) is 47.4 Å². The molecule has 5 nitrogen and oxygen atoms in total. The van der Waals surface area contributed by atoms with Gasteiger partial charge in [0.25, 0.3) is 0 Å². The molecule has 1 heterocycles. The van der Waals surface area contributed by atoms with Crippen LogP contribution in [-0.2, 0) is 17.9 Å². The molecule has 0 aliphatic carbocycles. The zero-order valence-corrected chi connectivity index (χ0v) is 15.9. The number of benzene rings is 3. The summed E-state index contributed by atoms with van der Waals surface area (Å²) in [6, 6.07) is 28.9. The SMILES string of the molecule is O=C(ON(Cc1ccccc1)Cc1ccc(-n2cccn2)cc1)c1ccccc1. The van der Waals surface area contributed by atoms with Crippen LogP contribution in [0.5, 0.6) is 0 Å². The molecule has 0 fully saturated rings. The fraction of sp³-hybridized carbons (Fsp3) is 0.0833. The van der Waals surface area contributed by atoms with Crippen LogP contribution in [-0.4, -0.2) is 20.8 Å². The van der Waals surface area contributed by atoms with Crippen LogP contribution in [0.15, 0.2) is 103 Å². The number of carbonyl (C=O) groups excluding carboxylic acids is 1. The van der Waals surface area contributed by atoms with Crippen molar-refractivity contribution in [3.8, 4) is 5.69 Å². The van der Waals surface area contributed by atoms with Gasteiger partial charge in [-0.15, -0.1) is 5.06 Å². The van der Waals surface area contributed by atoms with Crippen molar-refractivity contribution in [3.05, 3.63) is 120 Å². The van der Waals surface area contributed by atoms with Gasteiger partial charge in [-0.05, 0) is 41.5 Å². The lowest BCUT2D eigenvalue weighted by Crippen LogP contribution is -2.26. The Balaban J connectivity index is 1.50. The van der Waals surface area contributed by atoms with E-state index in [1.807, 2.05) is 85.1 Å². The first kappa shape index (κ1) is 18.7. The number of rotatable bonds is 7. The molecule has 0 unspecified atom stereocenters. The molecule has 3 aromatic carbocycles. The molecule has 0 bridgehead atoms. The minimum atomic E-state index is -0.366. The van der Waals surface area contributed by atoms with Gasteiger partial charge in [-0.2, -0.15) is 5.10 Å². The first-order chi connectivity index (χ1) is 14.3.